The van der Waals surface area contributed by atoms with Gasteiger partial charge in [-0.2, -0.15) is 4.31 Å². The maximum absolute atomic E-state index is 13.8. The number of hydrogen-bond donors (Lipinski definition) is 1. The first kappa shape index (κ1) is 21.0. The molecule has 0 aromatic heterocycles. The van der Waals surface area contributed by atoms with Crippen LogP contribution in [0.4, 0.5) is 14.5 Å². The molecule has 0 bridgehead atoms. The van der Waals surface area contributed by atoms with Crippen LogP contribution in [0.5, 0.6) is 11.5 Å². The Bertz CT molecular complexity index is 1030. The maximum atomic E-state index is 13.8. The highest BCUT2D eigenvalue weighted by molar-refractivity contribution is 7.89. The smallest absolute Gasteiger partial charge is 0.243 e. The number of amides is 1. The number of anilines is 1. The summed E-state index contributed by atoms with van der Waals surface area (Å²) in [6.45, 7) is 0.125. The molecule has 0 aliphatic carbocycles. The zero-order valence-corrected chi connectivity index (χ0v) is 16.6. The van der Waals surface area contributed by atoms with Gasteiger partial charge in [0.1, 0.15) is 17.7 Å². The van der Waals surface area contributed by atoms with Crippen LogP contribution >= 0.6 is 0 Å². The molecular formula is C19H20F2N2O5S. The fourth-order valence-electron chi connectivity index (χ4n) is 3.21. The Balaban J connectivity index is 1.87. The van der Waals surface area contributed by atoms with Gasteiger partial charge in [0, 0.05) is 18.7 Å². The molecule has 1 heterocycles. The summed E-state index contributed by atoms with van der Waals surface area (Å²) in [6.07, 6.45) is 0.714. The van der Waals surface area contributed by atoms with Crippen molar-refractivity contribution in [3.8, 4) is 11.5 Å². The summed E-state index contributed by atoms with van der Waals surface area (Å²) in [6, 6.07) is 5.74. The van der Waals surface area contributed by atoms with E-state index in [9.17, 15) is 22.0 Å². The Morgan fingerprint density at radius 1 is 1.10 bits per heavy atom. The molecule has 0 spiro atoms. The molecule has 1 atom stereocenters. The highest BCUT2D eigenvalue weighted by Crippen LogP contribution is 2.33. The van der Waals surface area contributed by atoms with Gasteiger partial charge in [-0.25, -0.2) is 17.2 Å². The molecule has 10 heteroatoms. The van der Waals surface area contributed by atoms with Gasteiger partial charge >= 0.3 is 0 Å². The molecule has 7 nitrogen and oxygen atoms in total. The number of nitrogens with one attached hydrogen (secondary N) is 1. The Morgan fingerprint density at radius 3 is 2.52 bits per heavy atom. The van der Waals surface area contributed by atoms with Crippen molar-refractivity contribution in [2.75, 3.05) is 26.1 Å². The number of methoxy groups -OCH3 is 2. The van der Waals surface area contributed by atoms with E-state index in [2.05, 4.69) is 5.32 Å². The lowest BCUT2D eigenvalue weighted by Gasteiger charge is -2.24. The van der Waals surface area contributed by atoms with Crippen molar-refractivity contribution in [3.63, 3.8) is 0 Å². The van der Waals surface area contributed by atoms with Gasteiger partial charge in [-0.3, -0.25) is 4.79 Å². The first-order chi connectivity index (χ1) is 13.8. The van der Waals surface area contributed by atoms with Crippen LogP contribution in [0.3, 0.4) is 0 Å². The summed E-state index contributed by atoms with van der Waals surface area (Å²) in [4.78, 5) is 12.6. The third kappa shape index (κ3) is 4.18. The summed E-state index contributed by atoms with van der Waals surface area (Å²) >= 11 is 0. The highest BCUT2D eigenvalue weighted by atomic mass is 32.2. The lowest BCUT2D eigenvalue weighted by molar-refractivity contribution is -0.119. The minimum atomic E-state index is -4.03. The Kier molecular flexibility index (Phi) is 6.04. The van der Waals surface area contributed by atoms with Crippen LogP contribution in [0.2, 0.25) is 0 Å². The average Bonchev–Trinajstić information content (AvgIpc) is 3.21. The molecule has 1 unspecified atom stereocenters. The summed E-state index contributed by atoms with van der Waals surface area (Å²) in [5.41, 5.74) is -0.342. The van der Waals surface area contributed by atoms with Gasteiger partial charge in [0.15, 0.2) is 11.5 Å². The molecular weight excluding hydrogens is 406 g/mol. The van der Waals surface area contributed by atoms with Crippen molar-refractivity contribution >= 4 is 21.6 Å². The number of carbonyl (C=O) groups excluding carboxylic acids is 1. The van der Waals surface area contributed by atoms with E-state index in [-0.39, 0.29) is 29.3 Å². The molecule has 2 aromatic carbocycles. The van der Waals surface area contributed by atoms with Gasteiger partial charge in [-0.05, 0) is 37.1 Å². The second-order valence-electron chi connectivity index (χ2n) is 6.40. The maximum Gasteiger partial charge on any atom is 0.243 e. The number of ether oxygens (including phenoxy) is 2. The van der Waals surface area contributed by atoms with Crippen LogP contribution < -0.4 is 14.8 Å². The predicted molar refractivity (Wildman–Crippen MR) is 101 cm³/mol. The quantitative estimate of drug-likeness (QED) is 0.768. The predicted octanol–water partition coefficient (Wildman–Crippen LogP) is 2.77. The zero-order chi connectivity index (χ0) is 21.2. The fourth-order valence-corrected chi connectivity index (χ4v) is 4.88. The lowest BCUT2D eigenvalue weighted by atomic mass is 10.2. The summed E-state index contributed by atoms with van der Waals surface area (Å²) in [7, 11) is -1.22. The summed E-state index contributed by atoms with van der Waals surface area (Å²) in [5, 5.41) is 2.28. The van der Waals surface area contributed by atoms with E-state index in [1.807, 2.05) is 0 Å². The minimum absolute atomic E-state index is 0.0632. The van der Waals surface area contributed by atoms with Crippen molar-refractivity contribution in [1.82, 2.24) is 4.31 Å². The largest absolute Gasteiger partial charge is 0.493 e. The van der Waals surface area contributed by atoms with Crippen molar-refractivity contribution in [2.24, 2.45) is 0 Å². The van der Waals surface area contributed by atoms with Crippen molar-refractivity contribution < 1.29 is 31.5 Å². The van der Waals surface area contributed by atoms with Gasteiger partial charge in [0.2, 0.25) is 15.9 Å². The highest BCUT2D eigenvalue weighted by Gasteiger charge is 2.40. The van der Waals surface area contributed by atoms with Crippen LogP contribution in [0, 0.1) is 11.6 Å². The molecule has 1 aliphatic rings. The fraction of sp³-hybridized carbons (Fsp3) is 0.316. The third-order valence-electron chi connectivity index (χ3n) is 4.65. The van der Waals surface area contributed by atoms with Crippen molar-refractivity contribution in [2.45, 2.75) is 23.8 Å². The third-order valence-corrected chi connectivity index (χ3v) is 6.56. The Morgan fingerprint density at radius 2 is 1.83 bits per heavy atom. The molecule has 29 heavy (non-hydrogen) atoms. The number of nitrogens with zero attached hydrogens (tertiary/aromatic N) is 1. The number of rotatable bonds is 6. The Labute approximate surface area is 167 Å². The van der Waals surface area contributed by atoms with Gasteiger partial charge in [0.05, 0.1) is 24.8 Å². The van der Waals surface area contributed by atoms with Gasteiger partial charge in [-0.1, -0.05) is 0 Å². The summed E-state index contributed by atoms with van der Waals surface area (Å²) in [5.74, 6) is -1.66. The van der Waals surface area contributed by atoms with E-state index in [1.165, 1.54) is 32.4 Å². The molecule has 0 saturated carbocycles. The molecule has 1 aliphatic heterocycles. The molecule has 0 radical (unpaired) electrons. The molecule has 1 saturated heterocycles. The number of sulfonamides is 1. The zero-order valence-electron chi connectivity index (χ0n) is 15.8. The van der Waals surface area contributed by atoms with E-state index in [0.29, 0.717) is 12.2 Å². The van der Waals surface area contributed by atoms with Crippen LogP contribution in [-0.2, 0) is 14.8 Å². The monoisotopic (exact) mass is 426 g/mol. The van der Waals surface area contributed by atoms with E-state index in [0.717, 1.165) is 22.5 Å². The molecule has 1 amide bonds. The number of halogens is 2. The Hall–Kier alpha value is -2.72. The molecule has 1 N–H and O–H groups in total. The number of carbonyl (C=O) groups is 1. The molecule has 2 aromatic rings. The van der Waals surface area contributed by atoms with Gasteiger partial charge in [0.25, 0.3) is 0 Å². The second kappa shape index (κ2) is 8.34. The van der Waals surface area contributed by atoms with Crippen molar-refractivity contribution in [1.29, 1.82) is 0 Å². The topological polar surface area (TPSA) is 84.9 Å². The SMILES string of the molecule is COc1ccc(S(=O)(=O)N2CCCC2C(=O)Nc2cc(F)ccc2F)cc1OC. The standard InChI is InChI=1S/C19H20F2N2O5S/c1-27-17-8-6-13(11-18(17)28-2)29(25,26)23-9-3-4-16(23)19(24)22-15-10-12(20)5-7-14(15)21/h5-8,10-11,16H,3-4,9H2,1-2H3,(H,22,24). The van der Waals surface area contributed by atoms with Gasteiger partial charge < -0.3 is 14.8 Å². The number of hydrogen-bond acceptors (Lipinski definition) is 5. The molecule has 156 valence electrons. The van der Waals surface area contributed by atoms with Crippen LogP contribution in [0.25, 0.3) is 0 Å². The second-order valence-corrected chi connectivity index (χ2v) is 8.29. The molecule has 3 rings (SSSR count). The normalized spacial score (nSPS) is 17.2. The van der Waals surface area contributed by atoms with Crippen LogP contribution in [0.15, 0.2) is 41.3 Å². The van der Waals surface area contributed by atoms with Crippen LogP contribution in [-0.4, -0.2) is 45.4 Å². The summed E-state index contributed by atoms with van der Waals surface area (Å²) < 4.78 is 64.7. The van der Waals surface area contributed by atoms with Gasteiger partial charge in [-0.15, -0.1) is 0 Å². The first-order valence-corrected chi connectivity index (χ1v) is 10.2. The van der Waals surface area contributed by atoms with Crippen molar-refractivity contribution in [3.05, 3.63) is 48.0 Å². The van der Waals surface area contributed by atoms with Crippen LogP contribution in [0.1, 0.15) is 12.8 Å². The van der Waals surface area contributed by atoms with E-state index in [4.69, 9.17) is 9.47 Å². The van der Waals surface area contributed by atoms with E-state index < -0.39 is 33.6 Å². The first-order valence-electron chi connectivity index (χ1n) is 8.77. The van der Waals surface area contributed by atoms with E-state index in [1.54, 1.807) is 0 Å². The molecule has 1 fully saturated rings. The lowest BCUT2D eigenvalue weighted by Crippen LogP contribution is -2.43. The van der Waals surface area contributed by atoms with E-state index >= 15 is 0 Å². The minimum Gasteiger partial charge on any atom is -0.493 e. The average molecular weight is 426 g/mol. The number of benzene rings is 2.